The van der Waals surface area contributed by atoms with Crippen molar-refractivity contribution in [3.05, 3.63) is 12.2 Å². The Labute approximate surface area is 208 Å². The SMILES string of the molecule is CC(=O)N[C@@H]1C[C@H](NC(C)(C)C)CC[C@@H]1N1CC[C@H](Nc2ncnc(C3N=C3C(C)(C)C)n2)C1=O. The summed E-state index contributed by atoms with van der Waals surface area (Å²) in [5.74, 6) is 0.993. The highest BCUT2D eigenvalue weighted by atomic mass is 16.2. The van der Waals surface area contributed by atoms with Gasteiger partial charge in [0.05, 0.1) is 17.8 Å². The van der Waals surface area contributed by atoms with Crippen LogP contribution in [0.15, 0.2) is 11.3 Å². The zero-order valence-corrected chi connectivity index (χ0v) is 22.1. The van der Waals surface area contributed by atoms with Crippen molar-refractivity contribution < 1.29 is 9.59 Å². The molecule has 2 fully saturated rings. The predicted molar refractivity (Wildman–Crippen MR) is 135 cm³/mol. The Bertz CT molecular complexity index is 996. The minimum atomic E-state index is -0.393. The number of nitrogens with zero attached hydrogens (tertiary/aromatic N) is 5. The second-order valence-corrected chi connectivity index (χ2v) is 12.1. The molecule has 1 aliphatic carbocycles. The van der Waals surface area contributed by atoms with Gasteiger partial charge in [-0.1, -0.05) is 20.8 Å². The molecule has 1 saturated heterocycles. The van der Waals surface area contributed by atoms with Gasteiger partial charge in [-0.05, 0) is 46.5 Å². The molecule has 35 heavy (non-hydrogen) atoms. The summed E-state index contributed by atoms with van der Waals surface area (Å²) in [5.41, 5.74) is 1.07. The molecule has 2 amide bonds. The summed E-state index contributed by atoms with van der Waals surface area (Å²) in [6.07, 6.45) is 4.76. The second kappa shape index (κ2) is 9.44. The molecule has 3 heterocycles. The van der Waals surface area contributed by atoms with E-state index in [1.807, 2.05) is 4.90 Å². The van der Waals surface area contributed by atoms with Gasteiger partial charge in [0.1, 0.15) is 18.4 Å². The largest absolute Gasteiger partial charge is 0.351 e. The Hall–Kier alpha value is -2.62. The highest BCUT2D eigenvalue weighted by Gasteiger charge is 2.43. The van der Waals surface area contributed by atoms with E-state index in [-0.39, 0.29) is 40.9 Å². The maximum atomic E-state index is 13.4. The van der Waals surface area contributed by atoms with Crippen LogP contribution in [0.5, 0.6) is 0 Å². The van der Waals surface area contributed by atoms with E-state index in [4.69, 9.17) is 0 Å². The van der Waals surface area contributed by atoms with Crippen molar-refractivity contribution in [3.8, 4) is 0 Å². The molecule has 1 unspecified atom stereocenters. The number of rotatable bonds is 6. The van der Waals surface area contributed by atoms with Crippen LogP contribution < -0.4 is 16.0 Å². The molecule has 10 nitrogen and oxygen atoms in total. The average Bonchev–Trinajstić information content (AvgIpc) is 3.48. The normalized spacial score (nSPS) is 29.1. The number of anilines is 1. The molecule has 0 radical (unpaired) electrons. The first-order valence-corrected chi connectivity index (χ1v) is 12.7. The van der Waals surface area contributed by atoms with Crippen LogP contribution in [0.4, 0.5) is 5.95 Å². The Morgan fingerprint density at radius 3 is 2.46 bits per heavy atom. The fourth-order valence-electron chi connectivity index (χ4n) is 5.40. The van der Waals surface area contributed by atoms with Gasteiger partial charge in [-0.3, -0.25) is 14.6 Å². The van der Waals surface area contributed by atoms with E-state index in [0.29, 0.717) is 30.8 Å². The molecule has 1 saturated carbocycles. The number of carbonyl (C=O) groups excluding carboxylic acids is 2. The van der Waals surface area contributed by atoms with E-state index in [2.05, 4.69) is 77.4 Å². The van der Waals surface area contributed by atoms with Gasteiger partial charge in [0.15, 0.2) is 5.82 Å². The lowest BCUT2D eigenvalue weighted by Gasteiger charge is -2.43. The van der Waals surface area contributed by atoms with Crippen LogP contribution >= 0.6 is 0 Å². The Morgan fingerprint density at radius 1 is 1.09 bits per heavy atom. The van der Waals surface area contributed by atoms with Crippen LogP contribution in [0, 0.1) is 5.41 Å². The molecule has 1 aromatic rings. The van der Waals surface area contributed by atoms with E-state index >= 15 is 0 Å². The van der Waals surface area contributed by atoms with Gasteiger partial charge in [0, 0.05) is 30.5 Å². The quantitative estimate of drug-likeness (QED) is 0.565. The molecular weight excluding hydrogens is 444 g/mol. The third-order valence-corrected chi connectivity index (χ3v) is 6.85. The van der Waals surface area contributed by atoms with Gasteiger partial charge in [-0.2, -0.15) is 4.98 Å². The molecular formula is C25H40N8O2. The number of amides is 2. The van der Waals surface area contributed by atoms with E-state index in [1.54, 1.807) is 6.92 Å². The maximum Gasteiger partial charge on any atom is 0.245 e. The van der Waals surface area contributed by atoms with E-state index < -0.39 is 6.04 Å². The zero-order valence-electron chi connectivity index (χ0n) is 22.1. The maximum absolute atomic E-state index is 13.4. The number of nitrogens with one attached hydrogen (secondary N) is 3. The fourth-order valence-corrected chi connectivity index (χ4v) is 5.40. The molecule has 192 valence electrons. The minimum absolute atomic E-state index is 0.000692. The molecule has 3 aliphatic rings. The lowest BCUT2D eigenvalue weighted by atomic mass is 9.84. The zero-order chi connectivity index (χ0) is 25.5. The van der Waals surface area contributed by atoms with Crippen LogP contribution in [0.3, 0.4) is 0 Å². The minimum Gasteiger partial charge on any atom is -0.351 e. The van der Waals surface area contributed by atoms with E-state index in [9.17, 15) is 9.59 Å². The molecule has 0 bridgehead atoms. The number of hydrogen-bond acceptors (Lipinski definition) is 8. The molecule has 10 heteroatoms. The van der Waals surface area contributed by atoms with E-state index in [1.165, 1.54) is 6.33 Å². The van der Waals surface area contributed by atoms with Crippen molar-refractivity contribution >= 4 is 23.5 Å². The summed E-state index contributed by atoms with van der Waals surface area (Å²) in [7, 11) is 0. The lowest BCUT2D eigenvalue weighted by molar-refractivity contribution is -0.132. The summed E-state index contributed by atoms with van der Waals surface area (Å²) in [6.45, 7) is 15.0. The van der Waals surface area contributed by atoms with E-state index in [0.717, 1.165) is 25.0 Å². The first-order chi connectivity index (χ1) is 16.3. The topological polar surface area (TPSA) is 124 Å². The molecule has 4 rings (SSSR count). The van der Waals surface area contributed by atoms with Crippen LogP contribution in [0.2, 0.25) is 0 Å². The summed E-state index contributed by atoms with van der Waals surface area (Å²) in [6, 6.07) is -0.267. The molecule has 5 atom stereocenters. The van der Waals surface area contributed by atoms with Crippen molar-refractivity contribution in [2.75, 3.05) is 11.9 Å². The third kappa shape index (κ3) is 6.15. The highest BCUT2D eigenvalue weighted by Crippen LogP contribution is 2.39. The Kier molecular flexibility index (Phi) is 6.87. The van der Waals surface area contributed by atoms with Gasteiger partial charge in [0.2, 0.25) is 17.8 Å². The summed E-state index contributed by atoms with van der Waals surface area (Å²) < 4.78 is 0. The molecule has 0 spiro atoms. The van der Waals surface area contributed by atoms with Gasteiger partial charge >= 0.3 is 0 Å². The Balaban J connectivity index is 1.40. The van der Waals surface area contributed by atoms with Crippen molar-refractivity contribution in [2.45, 2.75) is 110 Å². The lowest BCUT2D eigenvalue weighted by Crippen LogP contribution is -2.59. The fraction of sp³-hybridized carbons (Fsp3) is 0.760. The average molecular weight is 485 g/mol. The second-order valence-electron chi connectivity index (χ2n) is 12.1. The summed E-state index contributed by atoms with van der Waals surface area (Å²) >= 11 is 0. The van der Waals surface area contributed by atoms with Crippen LogP contribution in [0.25, 0.3) is 0 Å². The monoisotopic (exact) mass is 484 g/mol. The van der Waals surface area contributed by atoms with Gasteiger partial charge < -0.3 is 20.9 Å². The van der Waals surface area contributed by atoms with Crippen LogP contribution in [0.1, 0.15) is 86.0 Å². The highest BCUT2D eigenvalue weighted by molar-refractivity contribution is 6.04. The van der Waals surface area contributed by atoms with Crippen LogP contribution in [-0.4, -0.2) is 73.6 Å². The van der Waals surface area contributed by atoms with Gasteiger partial charge in [-0.25, -0.2) is 9.97 Å². The number of aromatic nitrogens is 3. The predicted octanol–water partition coefficient (Wildman–Crippen LogP) is 2.24. The number of hydrogen-bond donors (Lipinski definition) is 3. The summed E-state index contributed by atoms with van der Waals surface area (Å²) in [4.78, 5) is 44.9. The molecule has 2 aliphatic heterocycles. The van der Waals surface area contributed by atoms with Crippen LogP contribution in [-0.2, 0) is 9.59 Å². The van der Waals surface area contributed by atoms with Gasteiger partial charge in [0.25, 0.3) is 0 Å². The van der Waals surface area contributed by atoms with Crippen molar-refractivity contribution in [2.24, 2.45) is 10.4 Å². The smallest absolute Gasteiger partial charge is 0.245 e. The van der Waals surface area contributed by atoms with Gasteiger partial charge in [-0.15, -0.1) is 0 Å². The third-order valence-electron chi connectivity index (χ3n) is 6.85. The van der Waals surface area contributed by atoms with Crippen molar-refractivity contribution in [1.29, 1.82) is 0 Å². The summed E-state index contributed by atoms with van der Waals surface area (Å²) in [5, 5.41) is 10.00. The number of aliphatic imine (C=N–C) groups is 1. The molecule has 0 aromatic carbocycles. The molecule has 3 N–H and O–H groups in total. The Morgan fingerprint density at radius 2 is 1.83 bits per heavy atom. The van der Waals surface area contributed by atoms with Crippen molar-refractivity contribution in [3.63, 3.8) is 0 Å². The van der Waals surface area contributed by atoms with Crippen molar-refractivity contribution in [1.82, 2.24) is 30.5 Å². The number of carbonyl (C=O) groups is 2. The molecule has 1 aromatic heterocycles. The first-order valence-electron chi connectivity index (χ1n) is 12.7. The standard InChI is InChI=1S/C25H40N8O2/c1-14(34)28-17-12-15(32-25(5,6)7)8-9-18(17)33-11-10-16(22(33)35)29-23-27-13-26-21(31-23)19-20(30-19)24(2,3)4/h13,15-19,32H,8-12H2,1-7H3,(H,28,34)(H,26,27,29,31)/t15-,16+,17-,18+,19?/m1/s1. The number of likely N-dealkylation sites (tertiary alicyclic amines) is 1. The first kappa shape index (κ1) is 25.5.